The van der Waals surface area contributed by atoms with Crippen LogP contribution in [0, 0.1) is 0 Å². The second kappa shape index (κ2) is 6.60. The maximum Gasteiger partial charge on any atom is 0.163 e. The van der Waals surface area contributed by atoms with Crippen molar-refractivity contribution in [2.75, 3.05) is 0 Å². The first-order valence-electron chi connectivity index (χ1n) is 5.79. The summed E-state index contributed by atoms with van der Waals surface area (Å²) in [4.78, 5) is 3.91. The number of nitrogens with zero attached hydrogens (tertiary/aromatic N) is 2. The molecule has 0 aromatic carbocycles. The van der Waals surface area contributed by atoms with Gasteiger partial charge in [0.2, 0.25) is 0 Å². The van der Waals surface area contributed by atoms with Crippen LogP contribution < -0.4 is 5.73 Å². The maximum absolute atomic E-state index is 13.3. The van der Waals surface area contributed by atoms with Crippen LogP contribution in [0.2, 0.25) is 0 Å². The predicted octanol–water partition coefficient (Wildman–Crippen LogP) is 3.48. The average molecular weight is 278 g/mol. The number of rotatable bonds is 5. The fourth-order valence-electron chi connectivity index (χ4n) is 1.46. The van der Waals surface area contributed by atoms with E-state index in [4.69, 9.17) is 5.73 Å². The minimum absolute atomic E-state index is 0.0975. The molecule has 3 N–H and O–H groups in total. The lowest BCUT2D eigenvalue weighted by Gasteiger charge is -1.99. The van der Waals surface area contributed by atoms with E-state index >= 15 is 0 Å². The van der Waals surface area contributed by atoms with Crippen LogP contribution in [-0.4, -0.2) is 15.9 Å². The number of nitrogens with one attached hydrogen (secondary N) is 1. The number of aliphatic imine (C=N–C) groups is 1. The lowest BCUT2D eigenvalue weighted by Crippen LogP contribution is -1.99. The molecule has 0 amide bonds. The first-order chi connectivity index (χ1) is 9.38. The van der Waals surface area contributed by atoms with Crippen molar-refractivity contribution < 1.29 is 8.78 Å². The van der Waals surface area contributed by atoms with Crippen LogP contribution >= 0.6 is 0 Å². The molecule has 1 heterocycles. The van der Waals surface area contributed by atoms with Crippen LogP contribution in [0.15, 0.2) is 42.0 Å². The van der Waals surface area contributed by atoms with Gasteiger partial charge in [0.05, 0.1) is 23.3 Å². The Bertz CT molecular complexity index is 621. The predicted molar refractivity (Wildman–Crippen MR) is 78.2 cm³/mol. The summed E-state index contributed by atoms with van der Waals surface area (Å²) in [7, 11) is 0. The Labute approximate surface area is 116 Å². The largest absolute Gasteiger partial charge is 0.397 e. The number of halogens is 2. The number of aromatic amines is 1. The summed E-state index contributed by atoms with van der Waals surface area (Å²) in [6, 6.07) is 0. The van der Waals surface area contributed by atoms with E-state index in [2.05, 4.69) is 28.3 Å². The van der Waals surface area contributed by atoms with Crippen LogP contribution in [0.25, 0.3) is 11.9 Å². The van der Waals surface area contributed by atoms with E-state index in [-0.39, 0.29) is 11.4 Å². The zero-order chi connectivity index (χ0) is 15.3. The number of aromatic nitrogens is 2. The Morgan fingerprint density at radius 1 is 1.40 bits per heavy atom. The summed E-state index contributed by atoms with van der Waals surface area (Å²) in [6.07, 6.45) is 4.34. The minimum Gasteiger partial charge on any atom is -0.397 e. The van der Waals surface area contributed by atoms with Gasteiger partial charge in [0.1, 0.15) is 11.5 Å². The molecule has 0 fully saturated rings. The smallest absolute Gasteiger partial charge is 0.163 e. The van der Waals surface area contributed by atoms with Gasteiger partial charge in [-0.25, -0.2) is 8.78 Å². The van der Waals surface area contributed by atoms with Crippen LogP contribution in [0.4, 0.5) is 8.78 Å². The molecule has 1 aromatic heterocycles. The maximum atomic E-state index is 13.3. The molecule has 0 bridgehead atoms. The molecule has 0 saturated carbocycles. The molecule has 0 spiro atoms. The van der Waals surface area contributed by atoms with Crippen LogP contribution in [0.5, 0.6) is 0 Å². The molecule has 0 radical (unpaired) electrons. The zero-order valence-electron chi connectivity index (χ0n) is 11.4. The lowest BCUT2D eigenvalue weighted by molar-refractivity contribution is 0.646. The number of H-pyrrole nitrogens is 1. The molecule has 6 heteroatoms. The van der Waals surface area contributed by atoms with Crippen LogP contribution in [0.3, 0.4) is 0 Å². The van der Waals surface area contributed by atoms with Gasteiger partial charge < -0.3 is 5.73 Å². The van der Waals surface area contributed by atoms with Crippen LogP contribution in [-0.2, 0) is 0 Å². The second-order valence-corrected chi connectivity index (χ2v) is 3.98. The molecule has 0 aliphatic rings. The van der Waals surface area contributed by atoms with Gasteiger partial charge in [-0.15, -0.1) is 0 Å². The van der Waals surface area contributed by atoms with Crippen molar-refractivity contribution in [1.82, 2.24) is 10.2 Å². The van der Waals surface area contributed by atoms with Crippen molar-refractivity contribution in [2.24, 2.45) is 10.7 Å². The van der Waals surface area contributed by atoms with Gasteiger partial charge in [-0.05, 0) is 13.8 Å². The molecular weight excluding hydrogens is 262 g/mol. The third-order valence-corrected chi connectivity index (χ3v) is 2.43. The molecule has 0 aliphatic heterocycles. The highest BCUT2D eigenvalue weighted by atomic mass is 19.1. The van der Waals surface area contributed by atoms with Gasteiger partial charge >= 0.3 is 0 Å². The van der Waals surface area contributed by atoms with Gasteiger partial charge in [0.15, 0.2) is 5.83 Å². The van der Waals surface area contributed by atoms with Crippen molar-refractivity contribution in [2.45, 2.75) is 13.8 Å². The quantitative estimate of drug-likeness (QED) is 0.639. The standard InChI is InChI=1S/C14H16F2N4/c1-5-6-11-13(8(2)15)19-20-14(11)10(4)18-7-12(16)9(3)17/h5-7H,2-3,17H2,1,4H3,(H,19,20)/b6-5-,12-7+,18-10?. The van der Waals surface area contributed by atoms with E-state index in [0.717, 1.165) is 6.20 Å². The minimum atomic E-state index is -0.730. The summed E-state index contributed by atoms with van der Waals surface area (Å²) in [5, 5.41) is 6.48. The van der Waals surface area contributed by atoms with Crippen LogP contribution in [0.1, 0.15) is 30.8 Å². The van der Waals surface area contributed by atoms with E-state index in [9.17, 15) is 8.78 Å². The van der Waals surface area contributed by atoms with E-state index in [1.165, 1.54) is 0 Å². The number of nitrogens with two attached hydrogens (primary N) is 1. The van der Waals surface area contributed by atoms with E-state index < -0.39 is 11.7 Å². The fraction of sp³-hybridized carbons (Fsp3) is 0.143. The SMILES string of the molecule is C=C(N)/C(F)=C\N=C(C)c1[nH]nc(C(=C)F)c1/C=C\C. The molecule has 106 valence electrons. The van der Waals surface area contributed by atoms with E-state index in [0.29, 0.717) is 17.0 Å². The normalized spacial score (nSPS) is 13.0. The van der Waals surface area contributed by atoms with E-state index in [1.54, 1.807) is 26.0 Å². The summed E-state index contributed by atoms with van der Waals surface area (Å²) in [5.74, 6) is -1.39. The molecule has 4 nitrogen and oxygen atoms in total. The van der Waals surface area contributed by atoms with Crippen molar-refractivity contribution in [3.05, 3.63) is 53.9 Å². The Hall–Kier alpha value is -2.50. The van der Waals surface area contributed by atoms with Gasteiger partial charge in [-0.1, -0.05) is 25.3 Å². The molecule has 0 atom stereocenters. The Balaban J connectivity index is 3.26. The highest BCUT2D eigenvalue weighted by Crippen LogP contribution is 2.22. The molecule has 0 aliphatic carbocycles. The van der Waals surface area contributed by atoms with Gasteiger partial charge in [-0.3, -0.25) is 10.1 Å². The number of hydrogen-bond donors (Lipinski definition) is 2. The van der Waals surface area contributed by atoms with Crippen molar-refractivity contribution >= 4 is 17.6 Å². The van der Waals surface area contributed by atoms with Crippen molar-refractivity contribution in [3.63, 3.8) is 0 Å². The molecule has 1 rings (SSSR count). The number of allylic oxidation sites excluding steroid dienone is 2. The Morgan fingerprint density at radius 3 is 2.55 bits per heavy atom. The van der Waals surface area contributed by atoms with Crippen molar-refractivity contribution in [1.29, 1.82) is 0 Å². The molecule has 1 aromatic rings. The average Bonchev–Trinajstić information content (AvgIpc) is 2.79. The lowest BCUT2D eigenvalue weighted by atomic mass is 10.1. The Morgan fingerprint density at radius 2 is 2.05 bits per heavy atom. The Kier molecular flexibility index (Phi) is 5.14. The highest BCUT2D eigenvalue weighted by molar-refractivity contribution is 6.01. The van der Waals surface area contributed by atoms with E-state index in [1.807, 2.05) is 0 Å². The second-order valence-electron chi connectivity index (χ2n) is 3.98. The summed E-state index contributed by atoms with van der Waals surface area (Å²) in [6.45, 7) is 9.89. The summed E-state index contributed by atoms with van der Waals surface area (Å²) in [5.41, 5.74) is 6.47. The third kappa shape index (κ3) is 3.50. The molecule has 0 unspecified atom stereocenters. The third-order valence-electron chi connectivity index (χ3n) is 2.43. The molecule has 20 heavy (non-hydrogen) atoms. The first-order valence-corrected chi connectivity index (χ1v) is 5.79. The monoisotopic (exact) mass is 278 g/mol. The number of hydrogen-bond acceptors (Lipinski definition) is 3. The van der Waals surface area contributed by atoms with Gasteiger partial charge in [-0.2, -0.15) is 5.10 Å². The van der Waals surface area contributed by atoms with Gasteiger partial charge in [0.25, 0.3) is 0 Å². The summed E-state index contributed by atoms with van der Waals surface area (Å²) >= 11 is 0. The van der Waals surface area contributed by atoms with Gasteiger partial charge in [0, 0.05) is 5.56 Å². The molecule has 0 saturated heterocycles. The topological polar surface area (TPSA) is 67.1 Å². The zero-order valence-corrected chi connectivity index (χ0v) is 11.4. The summed E-state index contributed by atoms with van der Waals surface area (Å²) < 4.78 is 26.5. The first kappa shape index (κ1) is 15.6. The van der Waals surface area contributed by atoms with Crippen molar-refractivity contribution in [3.8, 4) is 0 Å². The fourth-order valence-corrected chi connectivity index (χ4v) is 1.46. The molecular formula is C14H16F2N4. The highest BCUT2D eigenvalue weighted by Gasteiger charge is 2.15.